The number of hydrogen-bond donors (Lipinski definition) is 3. The third-order valence-corrected chi connectivity index (χ3v) is 1.88. The molecule has 0 spiro atoms. The van der Waals surface area contributed by atoms with Crippen LogP contribution >= 0.6 is 0 Å². The Labute approximate surface area is 71.5 Å². The average molecular weight is 167 g/mol. The van der Waals surface area contributed by atoms with Gasteiger partial charge < -0.3 is 15.9 Å². The monoisotopic (exact) mass is 167 g/mol. The molecule has 3 nitrogen and oxygen atoms in total. The summed E-state index contributed by atoms with van der Waals surface area (Å²) in [7, 11) is 0. The lowest BCUT2D eigenvalue weighted by atomic mass is 9.95. The molecule has 0 heterocycles. The van der Waals surface area contributed by atoms with Gasteiger partial charge in [0.25, 0.3) is 0 Å². The second-order valence-corrected chi connectivity index (χ2v) is 3.00. The van der Waals surface area contributed by atoms with Crippen LogP contribution in [0.4, 0.5) is 0 Å². The van der Waals surface area contributed by atoms with Crippen LogP contribution in [0.25, 0.3) is 0 Å². The van der Waals surface area contributed by atoms with Gasteiger partial charge in [-0.15, -0.1) is 0 Å². The first-order chi connectivity index (χ1) is 5.58. The van der Waals surface area contributed by atoms with Crippen LogP contribution in [0, 0.1) is 0 Å². The van der Waals surface area contributed by atoms with Crippen molar-refractivity contribution in [3.63, 3.8) is 0 Å². The molecule has 1 aromatic carbocycles. The van der Waals surface area contributed by atoms with E-state index in [-0.39, 0.29) is 12.3 Å². The average Bonchev–Trinajstić information content (AvgIpc) is 2.05. The Hall–Kier alpha value is -1.06. The minimum atomic E-state index is -1.15. The van der Waals surface area contributed by atoms with E-state index in [9.17, 15) is 10.2 Å². The molecular weight excluding hydrogens is 154 g/mol. The van der Waals surface area contributed by atoms with Crippen molar-refractivity contribution in [2.45, 2.75) is 12.5 Å². The van der Waals surface area contributed by atoms with Gasteiger partial charge in [0.1, 0.15) is 11.4 Å². The van der Waals surface area contributed by atoms with Crippen LogP contribution in [0.1, 0.15) is 12.5 Å². The molecule has 12 heavy (non-hydrogen) atoms. The van der Waals surface area contributed by atoms with E-state index >= 15 is 0 Å². The summed E-state index contributed by atoms with van der Waals surface area (Å²) in [5.41, 5.74) is 4.66. The number of aliphatic hydroxyl groups is 1. The minimum Gasteiger partial charge on any atom is -0.508 e. The van der Waals surface area contributed by atoms with E-state index in [1.807, 2.05) is 0 Å². The Morgan fingerprint density at radius 1 is 1.42 bits per heavy atom. The number of benzene rings is 1. The number of aromatic hydroxyl groups is 1. The number of phenolic OH excluding ortho intramolecular Hbond substituents is 1. The lowest BCUT2D eigenvalue weighted by molar-refractivity contribution is 0.0642. The molecule has 0 bridgehead atoms. The molecule has 0 saturated carbocycles. The van der Waals surface area contributed by atoms with Crippen LogP contribution in [0.5, 0.6) is 5.75 Å². The Morgan fingerprint density at radius 3 is 2.50 bits per heavy atom. The van der Waals surface area contributed by atoms with Crippen molar-refractivity contribution in [2.75, 3.05) is 6.54 Å². The lowest BCUT2D eigenvalue weighted by Gasteiger charge is -2.22. The fourth-order valence-corrected chi connectivity index (χ4v) is 1.04. The maximum atomic E-state index is 9.69. The second-order valence-electron chi connectivity index (χ2n) is 3.00. The van der Waals surface area contributed by atoms with E-state index in [1.54, 1.807) is 25.1 Å². The van der Waals surface area contributed by atoms with Gasteiger partial charge in [0, 0.05) is 12.1 Å². The fraction of sp³-hybridized carbons (Fsp3) is 0.333. The zero-order chi connectivity index (χ0) is 9.19. The van der Waals surface area contributed by atoms with Gasteiger partial charge in [0.05, 0.1) is 0 Å². The van der Waals surface area contributed by atoms with Gasteiger partial charge in [-0.3, -0.25) is 0 Å². The standard InChI is InChI=1S/C9H13NO2/c1-9(12,6-10)7-4-2-3-5-8(7)11/h2-5,11-12H,6,10H2,1H3. The van der Waals surface area contributed by atoms with Crippen LogP contribution in [-0.4, -0.2) is 16.8 Å². The van der Waals surface area contributed by atoms with Crippen LogP contribution in [0.3, 0.4) is 0 Å². The molecule has 3 heteroatoms. The molecule has 0 aliphatic rings. The highest BCUT2D eigenvalue weighted by molar-refractivity contribution is 5.36. The molecule has 0 amide bonds. The lowest BCUT2D eigenvalue weighted by Crippen LogP contribution is -2.31. The van der Waals surface area contributed by atoms with Crippen molar-refractivity contribution in [3.8, 4) is 5.75 Å². The Kier molecular flexibility index (Phi) is 2.35. The number of para-hydroxylation sites is 1. The number of rotatable bonds is 2. The van der Waals surface area contributed by atoms with Crippen molar-refractivity contribution < 1.29 is 10.2 Å². The van der Waals surface area contributed by atoms with Crippen molar-refractivity contribution in [1.29, 1.82) is 0 Å². The van der Waals surface area contributed by atoms with Crippen LogP contribution in [0.2, 0.25) is 0 Å². The van der Waals surface area contributed by atoms with E-state index in [0.717, 1.165) is 0 Å². The summed E-state index contributed by atoms with van der Waals surface area (Å²) in [6.07, 6.45) is 0. The summed E-state index contributed by atoms with van der Waals surface area (Å²) in [6, 6.07) is 6.63. The molecule has 0 aromatic heterocycles. The van der Waals surface area contributed by atoms with Crippen molar-refractivity contribution in [1.82, 2.24) is 0 Å². The molecule has 1 aromatic rings. The summed E-state index contributed by atoms with van der Waals surface area (Å²) in [6.45, 7) is 1.66. The summed E-state index contributed by atoms with van der Waals surface area (Å²) in [5, 5.41) is 19.1. The van der Waals surface area contributed by atoms with Gasteiger partial charge in [-0.05, 0) is 13.0 Å². The second kappa shape index (κ2) is 3.13. The number of phenols is 1. The van der Waals surface area contributed by atoms with E-state index in [2.05, 4.69) is 0 Å². The minimum absolute atomic E-state index is 0.0768. The number of nitrogens with two attached hydrogens (primary N) is 1. The maximum Gasteiger partial charge on any atom is 0.121 e. The molecule has 0 aliphatic heterocycles. The highest BCUT2D eigenvalue weighted by Gasteiger charge is 2.23. The number of hydrogen-bond acceptors (Lipinski definition) is 3. The Bertz CT molecular complexity index is 271. The molecule has 1 unspecified atom stereocenters. The molecule has 1 atom stereocenters. The first-order valence-electron chi connectivity index (χ1n) is 3.79. The first-order valence-corrected chi connectivity index (χ1v) is 3.79. The van der Waals surface area contributed by atoms with Crippen molar-refractivity contribution >= 4 is 0 Å². The van der Waals surface area contributed by atoms with Crippen LogP contribution in [0.15, 0.2) is 24.3 Å². The summed E-state index contributed by atoms with van der Waals surface area (Å²) in [4.78, 5) is 0. The third kappa shape index (κ3) is 1.57. The highest BCUT2D eigenvalue weighted by Crippen LogP contribution is 2.27. The quantitative estimate of drug-likeness (QED) is 0.603. The van der Waals surface area contributed by atoms with Gasteiger partial charge >= 0.3 is 0 Å². The SMILES string of the molecule is CC(O)(CN)c1ccccc1O. The third-order valence-electron chi connectivity index (χ3n) is 1.88. The highest BCUT2D eigenvalue weighted by atomic mass is 16.3. The zero-order valence-electron chi connectivity index (χ0n) is 6.99. The predicted molar refractivity (Wildman–Crippen MR) is 46.7 cm³/mol. The zero-order valence-corrected chi connectivity index (χ0v) is 6.99. The molecular formula is C9H13NO2. The van der Waals surface area contributed by atoms with Gasteiger partial charge in [-0.2, -0.15) is 0 Å². The normalized spacial score (nSPS) is 15.6. The predicted octanol–water partition coefficient (Wildman–Crippen LogP) is 0.558. The molecule has 4 N–H and O–H groups in total. The molecule has 0 aliphatic carbocycles. The Balaban J connectivity index is 3.10. The van der Waals surface area contributed by atoms with Gasteiger partial charge in [-0.25, -0.2) is 0 Å². The Morgan fingerprint density at radius 2 is 2.00 bits per heavy atom. The van der Waals surface area contributed by atoms with Gasteiger partial charge in [0.2, 0.25) is 0 Å². The van der Waals surface area contributed by atoms with Crippen molar-refractivity contribution in [3.05, 3.63) is 29.8 Å². The molecule has 0 radical (unpaired) electrons. The van der Waals surface area contributed by atoms with E-state index in [4.69, 9.17) is 5.73 Å². The first kappa shape index (κ1) is 9.03. The fourth-order valence-electron chi connectivity index (χ4n) is 1.04. The van der Waals surface area contributed by atoms with Crippen LogP contribution in [-0.2, 0) is 5.60 Å². The topological polar surface area (TPSA) is 66.5 Å². The summed E-state index contributed by atoms with van der Waals surface area (Å²) < 4.78 is 0. The largest absolute Gasteiger partial charge is 0.508 e. The van der Waals surface area contributed by atoms with E-state index < -0.39 is 5.60 Å². The van der Waals surface area contributed by atoms with Crippen molar-refractivity contribution in [2.24, 2.45) is 5.73 Å². The maximum absolute atomic E-state index is 9.69. The molecule has 0 fully saturated rings. The van der Waals surface area contributed by atoms with E-state index in [0.29, 0.717) is 5.56 Å². The van der Waals surface area contributed by atoms with E-state index in [1.165, 1.54) is 6.07 Å². The molecule has 1 rings (SSSR count). The van der Waals surface area contributed by atoms with Gasteiger partial charge in [0.15, 0.2) is 0 Å². The van der Waals surface area contributed by atoms with Crippen LogP contribution < -0.4 is 5.73 Å². The smallest absolute Gasteiger partial charge is 0.121 e. The summed E-state index contributed by atoms with van der Waals surface area (Å²) in [5.74, 6) is 0.0768. The molecule has 0 saturated heterocycles. The molecule has 66 valence electrons. The summed E-state index contributed by atoms with van der Waals surface area (Å²) >= 11 is 0. The van der Waals surface area contributed by atoms with Gasteiger partial charge in [-0.1, -0.05) is 18.2 Å².